The number of hydrogen-bond acceptors (Lipinski definition) is 5. The monoisotopic (exact) mass is 430 g/mol. The number of benzene rings is 3. The van der Waals surface area contributed by atoms with Gasteiger partial charge in [0.25, 0.3) is 0 Å². The standard InChI is InChI=1S/C27H22N6/c1-2-4-25(5-3-1)33-17-21-7-6-20(14-22(21)18-33)27-28-13-12-26(32-27)31-24-10-8-19(9-11-24)23-15-29-30-16-23/h1-16H,17-18H2,(H,29,30)(H,28,31,32). The summed E-state index contributed by atoms with van der Waals surface area (Å²) in [6.07, 6.45) is 5.50. The van der Waals surface area contributed by atoms with Crippen molar-refractivity contribution in [3.63, 3.8) is 0 Å². The molecule has 2 aromatic heterocycles. The zero-order valence-electron chi connectivity index (χ0n) is 17.9. The van der Waals surface area contributed by atoms with Crippen molar-refractivity contribution in [1.82, 2.24) is 20.2 Å². The van der Waals surface area contributed by atoms with Gasteiger partial charge in [-0.1, -0.05) is 42.5 Å². The van der Waals surface area contributed by atoms with Crippen LogP contribution in [0, 0.1) is 0 Å². The van der Waals surface area contributed by atoms with Gasteiger partial charge >= 0.3 is 0 Å². The highest BCUT2D eigenvalue weighted by Gasteiger charge is 2.20. The number of fused-ring (bicyclic) bond motifs is 1. The van der Waals surface area contributed by atoms with Crippen molar-refractivity contribution in [3.8, 4) is 22.5 Å². The van der Waals surface area contributed by atoms with Crippen LogP contribution in [0.3, 0.4) is 0 Å². The zero-order valence-corrected chi connectivity index (χ0v) is 17.9. The second-order valence-corrected chi connectivity index (χ2v) is 8.13. The highest BCUT2D eigenvalue weighted by atomic mass is 15.1. The maximum Gasteiger partial charge on any atom is 0.161 e. The van der Waals surface area contributed by atoms with E-state index >= 15 is 0 Å². The molecule has 3 heterocycles. The first-order chi connectivity index (χ1) is 16.3. The molecule has 0 bridgehead atoms. The van der Waals surface area contributed by atoms with Crippen LogP contribution in [0.4, 0.5) is 17.2 Å². The number of hydrogen-bond donors (Lipinski definition) is 2. The SMILES string of the molecule is c1ccc(N2Cc3ccc(-c4nccc(Nc5ccc(-c6cn[nH]c6)cc5)n4)cc3C2)cc1. The Kier molecular flexibility index (Phi) is 4.81. The fourth-order valence-electron chi connectivity index (χ4n) is 4.23. The van der Waals surface area contributed by atoms with Crippen LogP contribution in [0.2, 0.25) is 0 Å². The number of nitrogens with one attached hydrogen (secondary N) is 2. The fourth-order valence-corrected chi connectivity index (χ4v) is 4.23. The molecule has 0 saturated carbocycles. The summed E-state index contributed by atoms with van der Waals surface area (Å²) in [6, 6.07) is 27.2. The van der Waals surface area contributed by atoms with Crippen LogP contribution in [-0.2, 0) is 13.1 Å². The largest absolute Gasteiger partial charge is 0.363 e. The summed E-state index contributed by atoms with van der Waals surface area (Å²) in [7, 11) is 0. The third kappa shape index (κ3) is 3.94. The first-order valence-corrected chi connectivity index (χ1v) is 10.9. The highest BCUT2D eigenvalue weighted by Crippen LogP contribution is 2.31. The van der Waals surface area contributed by atoms with Gasteiger partial charge in [0.1, 0.15) is 5.82 Å². The third-order valence-electron chi connectivity index (χ3n) is 5.95. The van der Waals surface area contributed by atoms with E-state index in [2.05, 4.69) is 86.1 Å². The molecule has 1 aliphatic heterocycles. The van der Waals surface area contributed by atoms with Crippen molar-refractivity contribution in [1.29, 1.82) is 0 Å². The molecule has 0 atom stereocenters. The molecule has 0 saturated heterocycles. The average molecular weight is 431 g/mol. The van der Waals surface area contributed by atoms with E-state index in [0.717, 1.165) is 47.1 Å². The molecule has 5 aromatic rings. The maximum atomic E-state index is 4.76. The fraction of sp³-hybridized carbons (Fsp3) is 0.0741. The molecular formula is C27H22N6. The Balaban J connectivity index is 1.20. The molecule has 2 N–H and O–H groups in total. The van der Waals surface area contributed by atoms with Crippen LogP contribution in [-0.4, -0.2) is 20.2 Å². The smallest absolute Gasteiger partial charge is 0.161 e. The highest BCUT2D eigenvalue weighted by molar-refractivity contribution is 5.67. The van der Waals surface area contributed by atoms with Crippen LogP contribution >= 0.6 is 0 Å². The molecule has 3 aromatic carbocycles. The Morgan fingerprint density at radius 3 is 2.42 bits per heavy atom. The van der Waals surface area contributed by atoms with Gasteiger partial charge in [0.05, 0.1) is 6.20 Å². The molecule has 0 radical (unpaired) electrons. The summed E-state index contributed by atoms with van der Waals surface area (Å²) in [5, 5.41) is 10.2. The lowest BCUT2D eigenvalue weighted by Gasteiger charge is -2.17. The van der Waals surface area contributed by atoms with Crippen molar-refractivity contribution in [2.45, 2.75) is 13.1 Å². The topological polar surface area (TPSA) is 69.7 Å². The first kappa shape index (κ1) is 19.3. The van der Waals surface area contributed by atoms with Crippen LogP contribution in [0.25, 0.3) is 22.5 Å². The van der Waals surface area contributed by atoms with Gasteiger partial charge in [0, 0.05) is 48.0 Å². The van der Waals surface area contributed by atoms with Crippen molar-refractivity contribution in [2.24, 2.45) is 0 Å². The predicted octanol–water partition coefficient (Wildman–Crippen LogP) is 5.80. The van der Waals surface area contributed by atoms with Gasteiger partial charge in [-0.25, -0.2) is 9.97 Å². The molecule has 0 unspecified atom stereocenters. The molecular weight excluding hydrogens is 408 g/mol. The lowest BCUT2D eigenvalue weighted by molar-refractivity contribution is 0.880. The summed E-state index contributed by atoms with van der Waals surface area (Å²) in [4.78, 5) is 11.7. The Labute approximate surface area is 192 Å². The Bertz CT molecular complexity index is 1380. The molecule has 0 aliphatic carbocycles. The van der Waals surface area contributed by atoms with Crippen LogP contribution < -0.4 is 10.2 Å². The summed E-state index contributed by atoms with van der Waals surface area (Å²) >= 11 is 0. The molecule has 0 fully saturated rings. The number of para-hydroxylation sites is 1. The van der Waals surface area contributed by atoms with Crippen molar-refractivity contribution >= 4 is 17.2 Å². The minimum absolute atomic E-state index is 0.718. The second-order valence-electron chi connectivity index (χ2n) is 8.13. The summed E-state index contributed by atoms with van der Waals surface area (Å²) in [6.45, 7) is 1.82. The predicted molar refractivity (Wildman–Crippen MR) is 131 cm³/mol. The molecule has 6 nitrogen and oxygen atoms in total. The molecule has 1 aliphatic rings. The van der Waals surface area contributed by atoms with Gasteiger partial charge in [0.15, 0.2) is 5.82 Å². The average Bonchev–Trinajstić information content (AvgIpc) is 3.55. The summed E-state index contributed by atoms with van der Waals surface area (Å²) < 4.78 is 0. The van der Waals surface area contributed by atoms with Gasteiger partial charge in [-0.3, -0.25) is 5.10 Å². The van der Waals surface area contributed by atoms with E-state index in [4.69, 9.17) is 4.98 Å². The van der Waals surface area contributed by atoms with E-state index < -0.39 is 0 Å². The quantitative estimate of drug-likeness (QED) is 0.369. The number of anilines is 3. The summed E-state index contributed by atoms with van der Waals surface area (Å²) in [5.41, 5.74) is 8.11. The number of rotatable bonds is 5. The molecule has 6 heteroatoms. The van der Waals surface area contributed by atoms with Gasteiger partial charge in [-0.15, -0.1) is 0 Å². The van der Waals surface area contributed by atoms with E-state index in [9.17, 15) is 0 Å². The van der Waals surface area contributed by atoms with Gasteiger partial charge in [-0.05, 0) is 53.1 Å². The Morgan fingerprint density at radius 1 is 0.788 bits per heavy atom. The summed E-state index contributed by atoms with van der Waals surface area (Å²) in [5.74, 6) is 1.48. The van der Waals surface area contributed by atoms with Crippen LogP contribution in [0.1, 0.15) is 11.1 Å². The zero-order chi connectivity index (χ0) is 22.0. The van der Waals surface area contributed by atoms with E-state index in [1.54, 1.807) is 6.20 Å². The van der Waals surface area contributed by atoms with Crippen molar-refractivity contribution in [3.05, 3.63) is 109 Å². The minimum Gasteiger partial charge on any atom is -0.363 e. The first-order valence-electron chi connectivity index (χ1n) is 10.9. The molecule has 6 rings (SSSR count). The van der Waals surface area contributed by atoms with E-state index in [0.29, 0.717) is 0 Å². The van der Waals surface area contributed by atoms with Crippen molar-refractivity contribution in [2.75, 3.05) is 10.2 Å². The lowest BCUT2D eigenvalue weighted by atomic mass is 10.1. The second kappa shape index (κ2) is 8.24. The van der Waals surface area contributed by atoms with E-state index in [-0.39, 0.29) is 0 Å². The Morgan fingerprint density at radius 2 is 1.61 bits per heavy atom. The van der Waals surface area contributed by atoms with Crippen LogP contribution in [0.15, 0.2) is 97.5 Å². The normalized spacial score (nSPS) is 12.5. The van der Waals surface area contributed by atoms with Gasteiger partial charge in [-0.2, -0.15) is 5.10 Å². The third-order valence-corrected chi connectivity index (χ3v) is 5.95. The maximum absolute atomic E-state index is 4.76. The van der Waals surface area contributed by atoms with E-state index in [1.165, 1.54) is 16.8 Å². The van der Waals surface area contributed by atoms with Crippen LogP contribution in [0.5, 0.6) is 0 Å². The number of H-pyrrole nitrogens is 1. The van der Waals surface area contributed by atoms with Crippen molar-refractivity contribution < 1.29 is 0 Å². The Hall–Kier alpha value is -4.45. The molecule has 0 spiro atoms. The van der Waals surface area contributed by atoms with Gasteiger partial charge < -0.3 is 10.2 Å². The van der Waals surface area contributed by atoms with Gasteiger partial charge in [0.2, 0.25) is 0 Å². The minimum atomic E-state index is 0.718. The van der Waals surface area contributed by atoms with E-state index in [1.807, 2.05) is 30.6 Å². The number of aromatic amines is 1. The number of nitrogens with zero attached hydrogens (tertiary/aromatic N) is 4. The molecule has 33 heavy (non-hydrogen) atoms. The molecule has 0 amide bonds. The molecule has 160 valence electrons. The number of aromatic nitrogens is 4. The lowest BCUT2D eigenvalue weighted by Crippen LogP contribution is -2.13.